The van der Waals surface area contributed by atoms with Crippen molar-refractivity contribution in [2.24, 2.45) is 41.4 Å². The predicted octanol–water partition coefficient (Wildman–Crippen LogP) is 13.3. The number of hydrogen-bond acceptors (Lipinski definition) is 17. The number of nitrogens with zero attached hydrogens (tertiary/aromatic N) is 6. The minimum atomic E-state index is -4.43. The maximum atomic E-state index is 13.4. The van der Waals surface area contributed by atoms with Gasteiger partial charge in [-0.2, -0.15) is 13.2 Å². The van der Waals surface area contributed by atoms with Crippen molar-refractivity contribution >= 4 is 181 Å². The third-order valence-electron chi connectivity index (χ3n) is 20.9. The van der Waals surface area contributed by atoms with Gasteiger partial charge in [-0.25, -0.2) is 77.2 Å². The number of piperidine rings is 6. The Morgan fingerprint density at radius 3 is 1.01 bits per heavy atom. The zero-order valence-corrected chi connectivity index (χ0v) is 79.8. The van der Waals surface area contributed by atoms with E-state index in [-0.39, 0.29) is 114 Å². The molecule has 0 bridgehead atoms. The smallest absolute Gasteiger partial charge is 0.338 e. The second kappa shape index (κ2) is 48.9. The van der Waals surface area contributed by atoms with E-state index in [2.05, 4.69) is 69.1 Å². The molecule has 5 unspecified atom stereocenters. The zero-order valence-electron chi connectivity index (χ0n) is 71.1. The number of nitrogens with one attached hydrogen (secondary N) is 7. The average molecular weight is 2050 g/mol. The quantitative estimate of drug-likeness (QED) is 0.0370. The van der Waals surface area contributed by atoms with Crippen LogP contribution in [0, 0.1) is 53.1 Å². The Balaban J connectivity index is 0.000000209. The van der Waals surface area contributed by atoms with Gasteiger partial charge in [0.1, 0.15) is 11.6 Å². The summed E-state index contributed by atoms with van der Waals surface area (Å²) in [4.78, 5) is 87.0. The Morgan fingerprint density at radius 1 is 0.386 bits per heavy atom. The van der Waals surface area contributed by atoms with Gasteiger partial charge in [-0.3, -0.25) is 28.8 Å². The van der Waals surface area contributed by atoms with Crippen molar-refractivity contribution in [3.63, 3.8) is 0 Å². The molecule has 12 rings (SSSR count). The molecule has 0 spiro atoms. The van der Waals surface area contributed by atoms with Crippen LogP contribution >= 0.6 is 55.1 Å². The molecule has 0 aromatic heterocycles. The number of likely N-dealkylation sites (tertiary alicyclic amines) is 1. The standard InChI is InChI=1S/C17H23ClFN3O2.C14H17F3N2O3S.2C13H17BrN2O3S.C13H17ClN2O3S.C13H17FN2O3S/c1-11(2)9-20-17(24)22-7-3-4-12(10-22)16(23)21-13-5-6-14(18)15(19)8-13;1-23(21,22)19-8-2-3-10(9-19)13(20)18-12-6-4-11(5-7-12)14(15,16)17;1-20(18,19)16-7-3-4-10(9-16)13(17)15-12-6-2-5-11(14)8-12;1-20(18,19)16-8-2-3-10(9-16)13(17)15-12-6-4-11(14)5-7-12;1-20(18,19)16-7-3-4-10(9-16)13(17)15-12-6-2-5-11(14)8-12;1-20(18,19)16-8-2-3-10(9-16)13(17)15-12-6-4-11(14)5-7-12/h5-6,8,11-12H,3-4,7,9-10H2,1-2H3,(H,20,24)(H,21,23);4-7,10H,2-3,8-9H2,1H3,(H,18,20);2,5-6,8,10H,3-4,7,9H2,1H3,(H,15,17);4-7,10H,2-3,8-9H2,1H3,(H,15,17);2,5-6,8,10H,3-4,7,9H2,1H3,(H,15,17);4-7,10H,2-3,8-9H2,1H3,(H,15,17)/t12-;;;;;/m0...../s1. The van der Waals surface area contributed by atoms with E-state index < -0.39 is 79.5 Å². The largest absolute Gasteiger partial charge is 0.416 e. The number of benzene rings is 6. The van der Waals surface area contributed by atoms with Gasteiger partial charge in [0.05, 0.1) is 77.4 Å². The number of rotatable bonds is 19. The highest BCUT2D eigenvalue weighted by atomic mass is 79.9. The van der Waals surface area contributed by atoms with Crippen molar-refractivity contribution < 1.29 is 97.6 Å². The Morgan fingerprint density at radius 2 is 0.685 bits per heavy atom. The average Bonchev–Trinajstić information content (AvgIpc) is 0.858. The van der Waals surface area contributed by atoms with Crippen molar-refractivity contribution in [2.45, 2.75) is 97.1 Å². The van der Waals surface area contributed by atoms with Crippen LogP contribution < -0.4 is 37.2 Å². The lowest BCUT2D eigenvalue weighted by atomic mass is 9.97. The number of amides is 8. The van der Waals surface area contributed by atoms with Gasteiger partial charge in [0.2, 0.25) is 85.6 Å². The van der Waals surface area contributed by atoms with E-state index in [1.807, 2.05) is 44.2 Å². The summed E-state index contributed by atoms with van der Waals surface area (Å²) in [5.74, 6) is -3.92. The molecule has 6 aliphatic heterocycles. The Labute approximate surface area is 766 Å². The fraction of sp³-hybridized carbons (Fsp3) is 0.482. The Kier molecular flexibility index (Phi) is 40.9. The molecule has 127 heavy (non-hydrogen) atoms. The summed E-state index contributed by atoms with van der Waals surface area (Å²) in [5.41, 5.74) is 2.38. The molecule has 6 fully saturated rings. The van der Waals surface area contributed by atoms with Gasteiger partial charge in [0, 0.05) is 133 Å². The molecule has 6 heterocycles. The van der Waals surface area contributed by atoms with E-state index >= 15 is 0 Å². The Hall–Kier alpha value is -7.85. The minimum absolute atomic E-state index is 0.0127. The monoisotopic (exact) mass is 2040 g/mol. The van der Waals surface area contributed by atoms with Gasteiger partial charge in [-0.05, 0) is 210 Å². The molecule has 7 N–H and O–H groups in total. The highest BCUT2D eigenvalue weighted by Crippen LogP contribution is 2.33. The highest BCUT2D eigenvalue weighted by molar-refractivity contribution is 9.10. The van der Waals surface area contributed by atoms with Gasteiger partial charge in [0.15, 0.2) is 0 Å². The van der Waals surface area contributed by atoms with Crippen LogP contribution in [0.25, 0.3) is 0 Å². The number of anilines is 6. The number of halogens is 9. The molecule has 6 aliphatic rings. The van der Waals surface area contributed by atoms with E-state index in [1.54, 1.807) is 53.4 Å². The molecule has 0 aliphatic carbocycles. The molecule has 6 saturated heterocycles. The second-order valence-electron chi connectivity index (χ2n) is 31.8. The maximum absolute atomic E-state index is 13.4. The van der Waals surface area contributed by atoms with Gasteiger partial charge >= 0.3 is 12.2 Å². The molecule has 44 heteroatoms. The first-order valence-corrected chi connectivity index (χ1v) is 52.2. The Bertz CT molecular complexity index is 5150. The van der Waals surface area contributed by atoms with Crippen LogP contribution in [0.15, 0.2) is 148 Å². The van der Waals surface area contributed by atoms with E-state index in [1.165, 1.54) is 88.8 Å². The number of hydrogen-bond donors (Lipinski definition) is 7. The van der Waals surface area contributed by atoms with E-state index in [0.29, 0.717) is 157 Å². The molecule has 6 atom stereocenters. The third kappa shape index (κ3) is 36.8. The molecule has 6 aromatic carbocycles. The van der Waals surface area contributed by atoms with Crippen molar-refractivity contribution in [1.29, 1.82) is 0 Å². The van der Waals surface area contributed by atoms with Crippen LogP contribution in [0.1, 0.15) is 96.5 Å². The van der Waals surface area contributed by atoms with Crippen molar-refractivity contribution in [3.05, 3.63) is 176 Å². The molecule has 8 amide bonds. The van der Waals surface area contributed by atoms with Gasteiger partial charge in [-0.15, -0.1) is 0 Å². The van der Waals surface area contributed by atoms with Gasteiger partial charge in [-0.1, -0.05) is 81.0 Å². The number of sulfonamides is 5. The zero-order chi connectivity index (χ0) is 93.9. The summed E-state index contributed by atoms with van der Waals surface area (Å²) >= 11 is 18.2. The van der Waals surface area contributed by atoms with Crippen LogP contribution in [0.3, 0.4) is 0 Å². The maximum Gasteiger partial charge on any atom is 0.416 e. The normalized spacial score (nSPS) is 20.0. The lowest BCUT2D eigenvalue weighted by molar-refractivity contribution is -0.137. The third-order valence-corrected chi connectivity index (χ3v) is 28.8. The number of carbonyl (C=O) groups is 7. The van der Waals surface area contributed by atoms with Gasteiger partial charge < -0.3 is 42.1 Å². The van der Waals surface area contributed by atoms with Crippen LogP contribution in [-0.4, -0.2) is 226 Å². The molecule has 0 radical (unpaired) electrons. The number of alkyl halides is 3. The number of urea groups is 1. The SMILES string of the molecule is CC(C)CNC(=O)N1CCC[C@H](C(=O)Nc2ccc(Cl)c(F)c2)C1.CS(=O)(=O)N1CCCC(C(=O)Nc2ccc(Br)cc2)C1.CS(=O)(=O)N1CCCC(C(=O)Nc2ccc(C(F)(F)F)cc2)C1.CS(=O)(=O)N1CCCC(C(=O)Nc2ccc(F)cc2)C1.CS(=O)(=O)N1CCCC(C(=O)Nc2cccc(Br)c2)C1.CS(=O)(=O)N1CCCC(C(=O)Nc2cccc(Cl)c2)C1. The predicted molar refractivity (Wildman–Crippen MR) is 489 cm³/mol. The highest BCUT2D eigenvalue weighted by Gasteiger charge is 2.37. The summed E-state index contributed by atoms with van der Waals surface area (Å²) < 4.78 is 187. The first-order valence-electron chi connectivity index (χ1n) is 40.7. The van der Waals surface area contributed by atoms with Crippen LogP contribution in [-0.2, 0) is 85.1 Å². The van der Waals surface area contributed by atoms with Crippen LogP contribution in [0.4, 0.5) is 60.9 Å². The molecule has 6 aromatic rings. The first-order chi connectivity index (χ1) is 59.4. The van der Waals surface area contributed by atoms with Crippen LogP contribution in [0.2, 0.25) is 10.0 Å². The first kappa shape index (κ1) is 106. The van der Waals surface area contributed by atoms with E-state index in [9.17, 15) is 97.6 Å². The fourth-order valence-electron chi connectivity index (χ4n) is 14.0. The topological polar surface area (TPSA) is 394 Å². The fourth-order valence-corrected chi connectivity index (χ4v) is 19.6. The number of carbonyl (C=O) groups excluding carboxylic acids is 7. The summed E-state index contributed by atoms with van der Waals surface area (Å²) in [7, 11) is -16.3. The molecular weight excluding hydrogens is 1940 g/mol. The summed E-state index contributed by atoms with van der Waals surface area (Å²) in [6.07, 6.45) is 9.48. The van der Waals surface area contributed by atoms with Crippen molar-refractivity contribution in [2.75, 3.05) is 148 Å². The summed E-state index contributed by atoms with van der Waals surface area (Å²) in [6, 6.07) is 35.1. The molecule has 0 saturated carbocycles. The molecule has 700 valence electrons. The summed E-state index contributed by atoms with van der Waals surface area (Å²) in [5, 5.41) is 19.8. The minimum Gasteiger partial charge on any atom is -0.338 e. The van der Waals surface area contributed by atoms with Crippen LogP contribution in [0.5, 0.6) is 0 Å². The summed E-state index contributed by atoms with van der Waals surface area (Å²) in [6.45, 7) is 9.05. The molecule has 30 nitrogen and oxygen atoms in total. The van der Waals surface area contributed by atoms with Crippen molar-refractivity contribution in [1.82, 2.24) is 31.7 Å². The molecular formula is C83H108Br2Cl2F5N13O17S5. The van der Waals surface area contributed by atoms with Gasteiger partial charge in [0.25, 0.3) is 0 Å². The van der Waals surface area contributed by atoms with Crippen molar-refractivity contribution in [3.8, 4) is 0 Å². The lowest BCUT2D eigenvalue weighted by Gasteiger charge is -2.32. The lowest BCUT2D eigenvalue weighted by Crippen LogP contribution is -2.48. The van der Waals surface area contributed by atoms with E-state index in [4.69, 9.17) is 23.2 Å². The van der Waals surface area contributed by atoms with E-state index in [0.717, 1.165) is 45.7 Å². The second-order valence-corrected chi connectivity index (χ2v) is 44.4.